The van der Waals surface area contributed by atoms with Crippen molar-refractivity contribution in [3.8, 4) is 5.75 Å². The van der Waals surface area contributed by atoms with Crippen LogP contribution in [0.4, 0.5) is 18.9 Å². The Morgan fingerprint density at radius 2 is 1.88 bits per heavy atom. The van der Waals surface area contributed by atoms with Crippen LogP contribution in [0, 0.1) is 5.41 Å². The number of carbonyl (C=O) groups is 2. The Labute approximate surface area is 185 Å². The first kappa shape index (κ1) is 23.6. The van der Waals surface area contributed by atoms with Crippen molar-refractivity contribution in [3.05, 3.63) is 59.2 Å². The summed E-state index contributed by atoms with van der Waals surface area (Å²) in [6.07, 6.45) is -4.90. The number of hydrogen-bond acceptors (Lipinski definition) is 3. The largest absolute Gasteiger partial charge is 0.481 e. The van der Waals surface area contributed by atoms with Crippen LogP contribution < -0.4 is 10.1 Å². The fraction of sp³-hybridized carbons (Fsp3) is 0.417. The lowest BCUT2D eigenvalue weighted by atomic mass is 9.92. The molecule has 0 radical (unpaired) electrons. The van der Waals surface area contributed by atoms with E-state index in [1.54, 1.807) is 31.2 Å². The van der Waals surface area contributed by atoms with E-state index in [0.29, 0.717) is 29.0 Å². The average molecular weight is 448 g/mol. The molecule has 1 heterocycles. The second-order valence-corrected chi connectivity index (χ2v) is 9.26. The Hall–Kier alpha value is -3.03. The molecule has 2 aromatic carbocycles. The van der Waals surface area contributed by atoms with Crippen molar-refractivity contribution in [2.24, 2.45) is 5.41 Å². The van der Waals surface area contributed by atoms with Crippen LogP contribution in [0.25, 0.3) is 0 Å². The van der Waals surface area contributed by atoms with Gasteiger partial charge in [0, 0.05) is 30.8 Å². The van der Waals surface area contributed by atoms with Crippen LogP contribution in [0.2, 0.25) is 0 Å². The molecule has 0 saturated heterocycles. The lowest BCUT2D eigenvalue weighted by molar-refractivity contribution is -0.138. The van der Waals surface area contributed by atoms with E-state index >= 15 is 0 Å². The lowest BCUT2D eigenvalue weighted by Gasteiger charge is -2.23. The van der Waals surface area contributed by atoms with Crippen molar-refractivity contribution in [2.45, 2.75) is 59.5 Å². The number of nitrogens with one attached hydrogen (secondary N) is 1. The minimum atomic E-state index is -4.46. The van der Waals surface area contributed by atoms with Gasteiger partial charge in [0.1, 0.15) is 5.75 Å². The maximum absolute atomic E-state index is 13.1. The highest BCUT2D eigenvalue weighted by Gasteiger charge is 2.32. The molecule has 0 fully saturated rings. The molecule has 0 spiro atoms. The third-order valence-corrected chi connectivity index (χ3v) is 4.99. The summed E-state index contributed by atoms with van der Waals surface area (Å²) >= 11 is 0. The van der Waals surface area contributed by atoms with Gasteiger partial charge in [-0.2, -0.15) is 13.2 Å². The molecule has 5 nitrogen and oxygen atoms in total. The lowest BCUT2D eigenvalue weighted by Crippen LogP contribution is -2.37. The first-order valence-electron chi connectivity index (χ1n) is 10.4. The Morgan fingerprint density at radius 1 is 1.16 bits per heavy atom. The van der Waals surface area contributed by atoms with E-state index in [-0.39, 0.29) is 30.3 Å². The van der Waals surface area contributed by atoms with Crippen LogP contribution in [-0.2, 0) is 28.9 Å². The minimum Gasteiger partial charge on any atom is -0.481 e. The van der Waals surface area contributed by atoms with E-state index in [0.717, 1.165) is 12.1 Å². The van der Waals surface area contributed by atoms with E-state index < -0.39 is 17.8 Å². The maximum Gasteiger partial charge on any atom is 0.416 e. The Morgan fingerprint density at radius 3 is 2.53 bits per heavy atom. The number of rotatable bonds is 4. The highest BCUT2D eigenvalue weighted by atomic mass is 19.4. The Balaban J connectivity index is 1.83. The van der Waals surface area contributed by atoms with Crippen LogP contribution >= 0.6 is 0 Å². The smallest absolute Gasteiger partial charge is 0.416 e. The quantitative estimate of drug-likeness (QED) is 0.682. The van der Waals surface area contributed by atoms with Gasteiger partial charge >= 0.3 is 6.18 Å². The van der Waals surface area contributed by atoms with E-state index in [2.05, 4.69) is 5.32 Å². The van der Waals surface area contributed by atoms with Gasteiger partial charge in [0.15, 0.2) is 6.10 Å². The van der Waals surface area contributed by atoms with E-state index in [4.69, 9.17) is 4.74 Å². The SMILES string of the molecule is CC1Oc2ccc(NC(=O)CC(C)(C)C)cc2CN(Cc2cccc(C(F)(F)F)c2)C1=O. The molecule has 0 bridgehead atoms. The number of fused-ring (bicyclic) bond motifs is 1. The van der Waals surface area contributed by atoms with E-state index in [1.807, 2.05) is 20.8 Å². The molecule has 1 unspecified atom stereocenters. The van der Waals surface area contributed by atoms with Gasteiger partial charge in [-0.05, 0) is 48.2 Å². The molecule has 172 valence electrons. The van der Waals surface area contributed by atoms with Crippen molar-refractivity contribution < 1.29 is 27.5 Å². The second-order valence-electron chi connectivity index (χ2n) is 9.26. The maximum atomic E-state index is 13.1. The summed E-state index contributed by atoms with van der Waals surface area (Å²) in [5, 5.41) is 2.86. The molecule has 1 aliphatic rings. The van der Waals surface area contributed by atoms with Crippen molar-refractivity contribution in [1.82, 2.24) is 4.90 Å². The molecular formula is C24H27F3N2O3. The number of benzene rings is 2. The highest BCUT2D eigenvalue weighted by molar-refractivity contribution is 5.91. The molecule has 8 heteroatoms. The Bertz CT molecular complexity index is 1010. The molecule has 1 aliphatic heterocycles. The van der Waals surface area contributed by atoms with Crippen LogP contribution in [0.15, 0.2) is 42.5 Å². The topological polar surface area (TPSA) is 58.6 Å². The number of hydrogen-bond donors (Lipinski definition) is 1. The van der Waals surface area contributed by atoms with E-state index in [9.17, 15) is 22.8 Å². The number of anilines is 1. The number of carbonyl (C=O) groups excluding carboxylic acids is 2. The molecule has 3 rings (SSSR count). The highest BCUT2D eigenvalue weighted by Crippen LogP contribution is 2.32. The molecule has 1 N–H and O–H groups in total. The number of nitrogens with zero attached hydrogens (tertiary/aromatic N) is 1. The molecule has 1 atom stereocenters. The molecule has 2 amide bonds. The van der Waals surface area contributed by atoms with Crippen LogP contribution in [0.5, 0.6) is 5.75 Å². The predicted octanol–water partition coefficient (Wildman–Crippen LogP) is 5.39. The third-order valence-electron chi connectivity index (χ3n) is 4.99. The van der Waals surface area contributed by atoms with Gasteiger partial charge in [0.2, 0.25) is 5.91 Å². The summed E-state index contributed by atoms with van der Waals surface area (Å²) in [5.74, 6) is 0.0559. The summed E-state index contributed by atoms with van der Waals surface area (Å²) in [4.78, 5) is 26.6. The number of amides is 2. The second kappa shape index (κ2) is 8.84. The monoisotopic (exact) mass is 448 g/mol. The van der Waals surface area contributed by atoms with E-state index in [1.165, 1.54) is 11.0 Å². The van der Waals surface area contributed by atoms with Crippen molar-refractivity contribution >= 4 is 17.5 Å². The average Bonchev–Trinajstić information content (AvgIpc) is 2.77. The van der Waals surface area contributed by atoms with Gasteiger partial charge in [0.25, 0.3) is 5.91 Å². The molecule has 0 aromatic heterocycles. The normalized spacial score (nSPS) is 16.8. The van der Waals surface area contributed by atoms with Gasteiger partial charge < -0.3 is 15.0 Å². The molecule has 2 aromatic rings. The zero-order chi connectivity index (χ0) is 23.7. The zero-order valence-corrected chi connectivity index (χ0v) is 18.5. The minimum absolute atomic E-state index is 0.0104. The summed E-state index contributed by atoms with van der Waals surface area (Å²) in [6.45, 7) is 7.67. The van der Waals surface area contributed by atoms with Gasteiger partial charge in [-0.25, -0.2) is 0 Å². The summed E-state index contributed by atoms with van der Waals surface area (Å²) in [7, 11) is 0. The van der Waals surface area contributed by atoms with Gasteiger partial charge in [-0.3, -0.25) is 9.59 Å². The number of halogens is 3. The molecular weight excluding hydrogens is 421 g/mol. The summed E-state index contributed by atoms with van der Waals surface area (Å²) in [5.41, 5.74) is 0.692. The number of alkyl halides is 3. The fourth-order valence-electron chi connectivity index (χ4n) is 3.56. The molecule has 32 heavy (non-hydrogen) atoms. The first-order chi connectivity index (χ1) is 14.8. The standard InChI is InChI=1S/C24H27F3N2O3/c1-15-22(31)29(13-16-6-5-7-18(10-16)24(25,26)27)14-17-11-19(8-9-20(17)32-15)28-21(30)12-23(2,3)4/h5-11,15H,12-14H2,1-4H3,(H,28,30). The molecule has 0 aliphatic carbocycles. The van der Waals surface area contributed by atoms with Gasteiger partial charge in [-0.1, -0.05) is 32.9 Å². The fourth-order valence-corrected chi connectivity index (χ4v) is 3.56. The molecule has 0 saturated carbocycles. The van der Waals surface area contributed by atoms with Crippen molar-refractivity contribution in [2.75, 3.05) is 5.32 Å². The van der Waals surface area contributed by atoms with Gasteiger partial charge in [0.05, 0.1) is 5.56 Å². The number of ether oxygens (including phenoxy) is 1. The third kappa shape index (κ3) is 6.02. The van der Waals surface area contributed by atoms with Crippen LogP contribution in [0.3, 0.4) is 0 Å². The summed E-state index contributed by atoms with van der Waals surface area (Å²) < 4.78 is 45.0. The van der Waals surface area contributed by atoms with Gasteiger partial charge in [-0.15, -0.1) is 0 Å². The van der Waals surface area contributed by atoms with Crippen molar-refractivity contribution in [1.29, 1.82) is 0 Å². The zero-order valence-electron chi connectivity index (χ0n) is 18.5. The van der Waals surface area contributed by atoms with Crippen LogP contribution in [-0.4, -0.2) is 22.8 Å². The first-order valence-corrected chi connectivity index (χ1v) is 10.4. The predicted molar refractivity (Wildman–Crippen MR) is 115 cm³/mol. The van der Waals surface area contributed by atoms with Crippen molar-refractivity contribution in [3.63, 3.8) is 0 Å². The summed E-state index contributed by atoms with van der Waals surface area (Å²) in [6, 6.07) is 10.1. The van der Waals surface area contributed by atoms with Crippen LogP contribution in [0.1, 0.15) is 50.8 Å². The Kier molecular flexibility index (Phi) is 6.53.